The first-order valence-electron chi connectivity index (χ1n) is 10.3. The molecule has 0 heterocycles. The van der Waals surface area contributed by atoms with Crippen LogP contribution >= 0.6 is 0 Å². The lowest BCUT2D eigenvalue weighted by molar-refractivity contribution is 0.0755. The molecule has 5 nitrogen and oxygen atoms in total. The lowest BCUT2D eigenvalue weighted by Gasteiger charge is -2.29. The first kappa shape index (κ1) is 23.6. The molecule has 3 aromatic rings. The third kappa shape index (κ3) is 4.89. The summed E-state index contributed by atoms with van der Waals surface area (Å²) in [5, 5.41) is 0. The quantitative estimate of drug-likeness (QED) is 0.519. The summed E-state index contributed by atoms with van der Waals surface area (Å²) in [7, 11) is -0.556. The van der Waals surface area contributed by atoms with E-state index in [1.54, 1.807) is 50.1 Å². The molecule has 1 amide bonds. The average molecular weight is 455 g/mol. The van der Waals surface area contributed by atoms with Crippen molar-refractivity contribution in [3.8, 4) is 0 Å². The van der Waals surface area contributed by atoms with Gasteiger partial charge in [-0.3, -0.25) is 4.79 Å². The van der Waals surface area contributed by atoms with Crippen LogP contribution in [0.2, 0.25) is 0 Å². The Labute approximate surface area is 189 Å². The van der Waals surface area contributed by atoms with E-state index in [9.17, 15) is 17.6 Å². The second-order valence-electron chi connectivity index (χ2n) is 7.92. The number of nitrogens with zero attached hydrogens (tertiary/aromatic N) is 2. The maximum absolute atomic E-state index is 13.5. The number of carbonyl (C=O) groups is 1. The molecular formula is C25H27FN2O3S. The highest BCUT2D eigenvalue weighted by Crippen LogP contribution is 2.29. The Bertz CT molecular complexity index is 1180. The van der Waals surface area contributed by atoms with Crippen LogP contribution in [-0.2, 0) is 10.0 Å². The normalized spacial score (nSPS) is 12.7. The molecule has 3 rings (SSSR count). The standard InChI is InChI=1S/C25H27FN2O3S/c1-18(2)28(4)32(30,31)23-12-8-11-21(17-23)25(29)27(3)24(19-9-6-5-7-10-19)20-13-15-22(26)16-14-20/h5-18,24H,1-4H3. The van der Waals surface area contributed by atoms with Gasteiger partial charge in [-0.05, 0) is 55.3 Å². The van der Waals surface area contributed by atoms with Crippen LogP contribution in [0.1, 0.15) is 41.4 Å². The Morgan fingerprint density at radius 1 is 0.844 bits per heavy atom. The Balaban J connectivity index is 2.01. The predicted octanol–water partition coefficient (Wildman–Crippen LogP) is 4.72. The highest BCUT2D eigenvalue weighted by Gasteiger charge is 2.27. The van der Waals surface area contributed by atoms with Crippen molar-refractivity contribution in [3.63, 3.8) is 0 Å². The molecule has 0 saturated carbocycles. The lowest BCUT2D eigenvalue weighted by atomic mass is 9.96. The second-order valence-corrected chi connectivity index (χ2v) is 9.92. The van der Waals surface area contributed by atoms with E-state index in [1.165, 1.54) is 35.6 Å². The molecule has 0 aliphatic rings. The topological polar surface area (TPSA) is 57.7 Å². The molecule has 0 bridgehead atoms. The van der Waals surface area contributed by atoms with Gasteiger partial charge in [-0.2, -0.15) is 4.31 Å². The maximum atomic E-state index is 13.5. The molecule has 0 aliphatic carbocycles. The summed E-state index contributed by atoms with van der Waals surface area (Å²) >= 11 is 0. The Morgan fingerprint density at radius 3 is 2.03 bits per heavy atom. The van der Waals surface area contributed by atoms with Crippen molar-refractivity contribution < 1.29 is 17.6 Å². The number of benzene rings is 3. The number of hydrogen-bond acceptors (Lipinski definition) is 3. The zero-order valence-electron chi connectivity index (χ0n) is 18.6. The number of amides is 1. The zero-order chi connectivity index (χ0) is 23.5. The number of carbonyl (C=O) groups excluding carboxylic acids is 1. The van der Waals surface area contributed by atoms with Gasteiger partial charge in [0.05, 0.1) is 10.9 Å². The van der Waals surface area contributed by atoms with Crippen molar-refractivity contribution in [2.45, 2.75) is 30.8 Å². The number of rotatable bonds is 7. The minimum Gasteiger partial charge on any atom is -0.331 e. The minimum atomic E-state index is -3.73. The van der Waals surface area contributed by atoms with Gasteiger partial charge in [0.25, 0.3) is 5.91 Å². The van der Waals surface area contributed by atoms with Crippen LogP contribution in [0.15, 0.2) is 83.8 Å². The van der Waals surface area contributed by atoms with Gasteiger partial charge in [-0.15, -0.1) is 0 Å². The van der Waals surface area contributed by atoms with Crippen molar-refractivity contribution >= 4 is 15.9 Å². The summed E-state index contributed by atoms with van der Waals surface area (Å²) in [4.78, 5) is 15.0. The second kappa shape index (κ2) is 9.63. The lowest BCUT2D eigenvalue weighted by Crippen LogP contribution is -2.34. The van der Waals surface area contributed by atoms with E-state index in [0.717, 1.165) is 11.1 Å². The van der Waals surface area contributed by atoms with Gasteiger partial charge in [0.2, 0.25) is 10.0 Å². The van der Waals surface area contributed by atoms with Crippen LogP contribution in [-0.4, -0.2) is 43.7 Å². The molecule has 3 aromatic carbocycles. The molecule has 0 radical (unpaired) electrons. The van der Waals surface area contributed by atoms with Crippen molar-refractivity contribution in [2.75, 3.05) is 14.1 Å². The molecule has 0 aromatic heterocycles. The molecule has 7 heteroatoms. The Hall–Kier alpha value is -3.03. The largest absolute Gasteiger partial charge is 0.331 e. The van der Waals surface area contributed by atoms with Crippen molar-refractivity contribution in [1.82, 2.24) is 9.21 Å². The van der Waals surface area contributed by atoms with Crippen LogP contribution in [0.3, 0.4) is 0 Å². The van der Waals surface area contributed by atoms with Crippen LogP contribution in [0.4, 0.5) is 4.39 Å². The smallest absolute Gasteiger partial charge is 0.254 e. The molecule has 1 atom stereocenters. The molecule has 0 N–H and O–H groups in total. The van der Waals surface area contributed by atoms with E-state index < -0.39 is 16.1 Å². The highest BCUT2D eigenvalue weighted by molar-refractivity contribution is 7.89. The van der Waals surface area contributed by atoms with Crippen molar-refractivity contribution in [2.24, 2.45) is 0 Å². The van der Waals surface area contributed by atoms with Gasteiger partial charge in [-0.25, -0.2) is 12.8 Å². The molecule has 0 spiro atoms. The Kier molecular flexibility index (Phi) is 7.11. The summed E-state index contributed by atoms with van der Waals surface area (Å²) in [5.41, 5.74) is 1.86. The van der Waals surface area contributed by atoms with E-state index in [-0.39, 0.29) is 28.2 Å². The molecule has 1 unspecified atom stereocenters. The minimum absolute atomic E-state index is 0.0611. The molecule has 168 valence electrons. The predicted molar refractivity (Wildman–Crippen MR) is 123 cm³/mol. The monoisotopic (exact) mass is 454 g/mol. The van der Waals surface area contributed by atoms with Crippen LogP contribution < -0.4 is 0 Å². The first-order valence-corrected chi connectivity index (χ1v) is 11.7. The fraction of sp³-hybridized carbons (Fsp3) is 0.240. The molecular weight excluding hydrogens is 427 g/mol. The summed E-state index contributed by atoms with van der Waals surface area (Å²) in [5.74, 6) is -0.700. The number of halogens is 1. The van der Waals surface area contributed by atoms with Crippen molar-refractivity contribution in [3.05, 3.63) is 101 Å². The summed E-state index contributed by atoms with van der Waals surface area (Å²) in [6.07, 6.45) is 0. The van der Waals surface area contributed by atoms with E-state index in [0.29, 0.717) is 0 Å². The Morgan fingerprint density at radius 2 is 1.44 bits per heavy atom. The highest BCUT2D eigenvalue weighted by atomic mass is 32.2. The summed E-state index contributed by atoms with van der Waals surface area (Å²) in [6, 6.07) is 20.8. The molecule has 0 fully saturated rings. The molecule has 0 saturated heterocycles. The third-order valence-electron chi connectivity index (χ3n) is 5.49. The summed E-state index contributed by atoms with van der Waals surface area (Å²) in [6.45, 7) is 3.57. The first-order chi connectivity index (χ1) is 15.1. The van der Waals surface area contributed by atoms with Gasteiger partial charge in [0.1, 0.15) is 5.82 Å². The third-order valence-corrected chi connectivity index (χ3v) is 7.52. The maximum Gasteiger partial charge on any atom is 0.254 e. The van der Waals surface area contributed by atoms with Gasteiger partial charge >= 0.3 is 0 Å². The summed E-state index contributed by atoms with van der Waals surface area (Å²) < 4.78 is 40.6. The zero-order valence-corrected chi connectivity index (χ0v) is 19.4. The fourth-order valence-electron chi connectivity index (χ4n) is 3.47. The number of sulfonamides is 1. The SMILES string of the molecule is CC(C)N(C)S(=O)(=O)c1cccc(C(=O)N(C)C(c2ccccc2)c2ccc(F)cc2)c1. The average Bonchev–Trinajstić information content (AvgIpc) is 2.80. The van der Waals surface area contributed by atoms with Crippen molar-refractivity contribution in [1.29, 1.82) is 0 Å². The number of hydrogen-bond donors (Lipinski definition) is 0. The van der Waals surface area contributed by atoms with Crippen LogP contribution in [0.5, 0.6) is 0 Å². The van der Waals surface area contributed by atoms with Crippen LogP contribution in [0.25, 0.3) is 0 Å². The van der Waals surface area contributed by atoms with Gasteiger partial charge in [0, 0.05) is 25.7 Å². The van der Waals surface area contributed by atoms with Crippen LogP contribution in [0, 0.1) is 5.82 Å². The molecule has 0 aliphatic heterocycles. The van der Waals surface area contributed by atoms with E-state index in [4.69, 9.17) is 0 Å². The van der Waals surface area contributed by atoms with Gasteiger partial charge < -0.3 is 4.90 Å². The van der Waals surface area contributed by atoms with E-state index >= 15 is 0 Å². The van der Waals surface area contributed by atoms with E-state index in [1.807, 2.05) is 30.3 Å². The van der Waals surface area contributed by atoms with E-state index in [2.05, 4.69) is 0 Å². The van der Waals surface area contributed by atoms with Gasteiger partial charge in [-0.1, -0.05) is 48.5 Å². The fourth-order valence-corrected chi connectivity index (χ4v) is 4.89. The van der Waals surface area contributed by atoms with Gasteiger partial charge in [0.15, 0.2) is 0 Å². The molecule has 32 heavy (non-hydrogen) atoms.